The van der Waals surface area contributed by atoms with Gasteiger partial charge in [-0.25, -0.2) is 13.6 Å². The van der Waals surface area contributed by atoms with Crippen molar-refractivity contribution >= 4 is 6.03 Å². The molecule has 2 rings (SSSR count). The topological polar surface area (TPSA) is 61.4 Å². The number of carbonyl (C=O) groups excluding carboxylic acids is 1. The Morgan fingerprint density at radius 2 is 1.88 bits per heavy atom. The molecular weight excluding hydrogens is 326 g/mol. The van der Waals surface area contributed by atoms with Gasteiger partial charge in [-0.15, -0.1) is 0 Å². The zero-order valence-electron chi connectivity index (χ0n) is 13.6. The zero-order chi connectivity index (χ0) is 18.3. The molecule has 3 N–H and O–H groups in total. The minimum atomic E-state index is -1.68. The van der Waals surface area contributed by atoms with Gasteiger partial charge in [-0.05, 0) is 25.1 Å². The zero-order valence-corrected chi connectivity index (χ0v) is 13.6. The second-order valence-electron chi connectivity index (χ2n) is 5.60. The Morgan fingerprint density at radius 1 is 1.16 bits per heavy atom. The van der Waals surface area contributed by atoms with Crippen molar-refractivity contribution in [3.8, 4) is 11.8 Å². The predicted molar refractivity (Wildman–Crippen MR) is 90.7 cm³/mol. The van der Waals surface area contributed by atoms with Crippen LogP contribution in [0.5, 0.6) is 0 Å². The van der Waals surface area contributed by atoms with Gasteiger partial charge in [0.15, 0.2) is 0 Å². The molecular formula is C19H18F2N2O2. The first kappa shape index (κ1) is 18.4. The van der Waals surface area contributed by atoms with Gasteiger partial charge >= 0.3 is 6.03 Å². The normalized spacial score (nSPS) is 12.5. The molecule has 0 bridgehead atoms. The number of hydrogen-bond acceptors (Lipinski definition) is 2. The van der Waals surface area contributed by atoms with Crippen molar-refractivity contribution in [3.63, 3.8) is 0 Å². The molecule has 0 aliphatic rings. The summed E-state index contributed by atoms with van der Waals surface area (Å²) in [5.41, 5.74) is -0.942. The predicted octanol–water partition coefficient (Wildman–Crippen LogP) is 2.52. The van der Waals surface area contributed by atoms with E-state index in [9.17, 15) is 18.7 Å². The van der Waals surface area contributed by atoms with Crippen molar-refractivity contribution in [2.45, 2.75) is 12.5 Å². The molecule has 2 aromatic rings. The van der Waals surface area contributed by atoms with E-state index in [2.05, 4.69) is 22.5 Å². The van der Waals surface area contributed by atoms with Crippen LogP contribution in [0.3, 0.4) is 0 Å². The summed E-state index contributed by atoms with van der Waals surface area (Å²) in [6.07, 6.45) is 0. The molecule has 130 valence electrons. The summed E-state index contributed by atoms with van der Waals surface area (Å²) in [5.74, 6) is 4.06. The fourth-order valence-corrected chi connectivity index (χ4v) is 2.13. The van der Waals surface area contributed by atoms with Crippen LogP contribution in [0.2, 0.25) is 0 Å². The number of halogens is 2. The third kappa shape index (κ3) is 5.59. The second kappa shape index (κ2) is 8.27. The summed E-state index contributed by atoms with van der Waals surface area (Å²) in [7, 11) is 0. The van der Waals surface area contributed by atoms with Crippen molar-refractivity contribution in [2.24, 2.45) is 0 Å². The lowest BCUT2D eigenvalue weighted by molar-refractivity contribution is 0.0556. The molecule has 0 unspecified atom stereocenters. The molecule has 4 nitrogen and oxygen atoms in total. The summed E-state index contributed by atoms with van der Waals surface area (Å²) in [5, 5.41) is 15.2. The van der Waals surface area contributed by atoms with Gasteiger partial charge in [0, 0.05) is 17.2 Å². The molecule has 0 spiro atoms. The van der Waals surface area contributed by atoms with Gasteiger partial charge in [-0.1, -0.05) is 36.1 Å². The summed E-state index contributed by atoms with van der Waals surface area (Å²) >= 11 is 0. The molecule has 2 aromatic carbocycles. The van der Waals surface area contributed by atoms with E-state index in [0.717, 1.165) is 17.7 Å². The van der Waals surface area contributed by atoms with E-state index in [1.165, 1.54) is 6.92 Å². The van der Waals surface area contributed by atoms with Gasteiger partial charge in [0.2, 0.25) is 0 Å². The molecule has 0 heterocycles. The Labute approximate surface area is 144 Å². The lowest BCUT2D eigenvalue weighted by atomic mass is 9.95. The van der Waals surface area contributed by atoms with E-state index in [4.69, 9.17) is 0 Å². The van der Waals surface area contributed by atoms with Gasteiger partial charge in [0.1, 0.15) is 17.2 Å². The summed E-state index contributed by atoms with van der Waals surface area (Å²) in [6, 6.07) is 11.6. The second-order valence-corrected chi connectivity index (χ2v) is 5.60. The minimum Gasteiger partial charge on any atom is -0.383 e. The number of amides is 2. The summed E-state index contributed by atoms with van der Waals surface area (Å²) in [6.45, 7) is 1.21. The Balaban J connectivity index is 1.83. The molecule has 0 aromatic heterocycles. The van der Waals surface area contributed by atoms with E-state index in [1.807, 2.05) is 30.3 Å². The molecule has 25 heavy (non-hydrogen) atoms. The van der Waals surface area contributed by atoms with Crippen molar-refractivity contribution in [3.05, 3.63) is 71.3 Å². The van der Waals surface area contributed by atoms with E-state index in [0.29, 0.717) is 6.07 Å². The maximum Gasteiger partial charge on any atom is 0.315 e. The first-order valence-electron chi connectivity index (χ1n) is 7.62. The number of aliphatic hydroxyl groups is 1. The van der Waals surface area contributed by atoms with Crippen LogP contribution in [0, 0.1) is 23.5 Å². The van der Waals surface area contributed by atoms with Gasteiger partial charge in [-0.3, -0.25) is 0 Å². The van der Waals surface area contributed by atoms with E-state index < -0.39 is 23.3 Å². The van der Waals surface area contributed by atoms with Crippen LogP contribution in [0.25, 0.3) is 0 Å². The number of urea groups is 1. The summed E-state index contributed by atoms with van der Waals surface area (Å²) in [4.78, 5) is 11.7. The number of rotatable bonds is 4. The van der Waals surface area contributed by atoms with Crippen molar-refractivity contribution < 1.29 is 18.7 Å². The van der Waals surface area contributed by atoms with Crippen LogP contribution in [0.4, 0.5) is 13.6 Å². The monoisotopic (exact) mass is 344 g/mol. The molecule has 0 radical (unpaired) electrons. The molecule has 2 amide bonds. The SMILES string of the molecule is C[C@](O)(CNC(=O)NCC#Cc1ccccc1)c1ccc(F)cc1F. The van der Waals surface area contributed by atoms with Crippen LogP contribution < -0.4 is 10.6 Å². The third-order valence-electron chi connectivity index (χ3n) is 3.45. The number of benzene rings is 2. The Morgan fingerprint density at radius 3 is 2.56 bits per heavy atom. The Kier molecular flexibility index (Phi) is 6.09. The van der Waals surface area contributed by atoms with Gasteiger partial charge in [0.25, 0.3) is 0 Å². The fraction of sp³-hybridized carbons (Fsp3) is 0.211. The average molecular weight is 344 g/mol. The largest absolute Gasteiger partial charge is 0.383 e. The third-order valence-corrected chi connectivity index (χ3v) is 3.45. The quantitative estimate of drug-likeness (QED) is 0.747. The molecule has 0 aliphatic carbocycles. The Bertz CT molecular complexity index is 796. The molecule has 0 fully saturated rings. The Hall–Kier alpha value is -2.91. The maximum atomic E-state index is 13.7. The maximum absolute atomic E-state index is 13.7. The van der Waals surface area contributed by atoms with E-state index in [-0.39, 0.29) is 18.7 Å². The minimum absolute atomic E-state index is 0.0990. The van der Waals surface area contributed by atoms with Crippen LogP contribution in [-0.2, 0) is 5.60 Å². The standard InChI is InChI=1S/C19H18F2N2O2/c1-19(25,16-10-9-15(20)12-17(16)21)13-23-18(24)22-11-5-8-14-6-3-2-4-7-14/h2-4,6-7,9-10,12,25H,11,13H2,1H3,(H2,22,23,24)/t19-/m0/s1. The number of nitrogens with one attached hydrogen (secondary N) is 2. The number of hydrogen-bond donors (Lipinski definition) is 3. The lowest BCUT2D eigenvalue weighted by Gasteiger charge is -2.24. The molecule has 6 heteroatoms. The highest BCUT2D eigenvalue weighted by Gasteiger charge is 2.27. The molecule has 0 saturated heterocycles. The van der Waals surface area contributed by atoms with Crippen molar-refractivity contribution in [2.75, 3.05) is 13.1 Å². The van der Waals surface area contributed by atoms with Crippen LogP contribution >= 0.6 is 0 Å². The van der Waals surface area contributed by atoms with Crippen LogP contribution in [0.15, 0.2) is 48.5 Å². The smallest absolute Gasteiger partial charge is 0.315 e. The first-order chi connectivity index (χ1) is 11.9. The fourth-order valence-electron chi connectivity index (χ4n) is 2.13. The molecule has 0 aliphatic heterocycles. The molecule has 0 saturated carbocycles. The van der Waals surface area contributed by atoms with E-state index in [1.54, 1.807) is 0 Å². The lowest BCUT2D eigenvalue weighted by Crippen LogP contribution is -2.43. The first-order valence-corrected chi connectivity index (χ1v) is 7.62. The van der Waals surface area contributed by atoms with Crippen LogP contribution in [-0.4, -0.2) is 24.2 Å². The van der Waals surface area contributed by atoms with Crippen molar-refractivity contribution in [1.29, 1.82) is 0 Å². The highest BCUT2D eigenvalue weighted by molar-refractivity contribution is 5.74. The number of carbonyl (C=O) groups is 1. The van der Waals surface area contributed by atoms with Gasteiger partial charge in [-0.2, -0.15) is 0 Å². The van der Waals surface area contributed by atoms with E-state index >= 15 is 0 Å². The molecule has 1 atom stereocenters. The van der Waals surface area contributed by atoms with Gasteiger partial charge in [0.05, 0.1) is 13.1 Å². The highest BCUT2D eigenvalue weighted by Crippen LogP contribution is 2.23. The average Bonchev–Trinajstić information content (AvgIpc) is 2.57. The highest BCUT2D eigenvalue weighted by atomic mass is 19.1. The van der Waals surface area contributed by atoms with Crippen molar-refractivity contribution in [1.82, 2.24) is 10.6 Å². The summed E-state index contributed by atoms with van der Waals surface area (Å²) < 4.78 is 26.7. The van der Waals surface area contributed by atoms with Crippen LogP contribution in [0.1, 0.15) is 18.1 Å². The van der Waals surface area contributed by atoms with Gasteiger partial charge < -0.3 is 15.7 Å².